The monoisotopic (exact) mass is 440 g/mol. The van der Waals surface area contributed by atoms with Gasteiger partial charge in [0.05, 0.1) is 17.9 Å². The maximum Gasteiger partial charge on any atom is 0.251 e. The van der Waals surface area contributed by atoms with Crippen LogP contribution in [0.2, 0.25) is 0 Å². The Morgan fingerprint density at radius 3 is 2.43 bits per heavy atom. The molecule has 1 saturated carbocycles. The predicted molar refractivity (Wildman–Crippen MR) is 118 cm³/mol. The summed E-state index contributed by atoms with van der Waals surface area (Å²) in [4.78, 5) is 12.6. The molecular formula is C22H36N2O5S. The van der Waals surface area contributed by atoms with Gasteiger partial charge in [0.2, 0.25) is 10.0 Å². The molecule has 0 saturated heterocycles. The van der Waals surface area contributed by atoms with Gasteiger partial charge in [0.25, 0.3) is 5.91 Å². The van der Waals surface area contributed by atoms with E-state index in [0.717, 1.165) is 32.1 Å². The topological polar surface area (TPSA) is 116 Å². The molecule has 0 bridgehead atoms. The van der Waals surface area contributed by atoms with Gasteiger partial charge in [-0.3, -0.25) is 4.79 Å². The van der Waals surface area contributed by atoms with Gasteiger partial charge in [-0.25, -0.2) is 13.1 Å². The number of amides is 1. The molecule has 8 heteroatoms. The van der Waals surface area contributed by atoms with E-state index in [1.54, 1.807) is 24.3 Å². The molecule has 1 aliphatic rings. The van der Waals surface area contributed by atoms with E-state index in [1.165, 1.54) is 6.42 Å². The number of benzene rings is 1. The molecule has 3 unspecified atom stereocenters. The molecule has 7 nitrogen and oxygen atoms in total. The Bertz CT molecular complexity index is 735. The second-order valence-electron chi connectivity index (χ2n) is 8.27. The van der Waals surface area contributed by atoms with Crippen LogP contribution in [0.3, 0.4) is 0 Å². The van der Waals surface area contributed by atoms with Crippen molar-refractivity contribution in [1.29, 1.82) is 0 Å². The van der Waals surface area contributed by atoms with Crippen molar-refractivity contribution in [3.8, 4) is 0 Å². The lowest BCUT2D eigenvalue weighted by atomic mass is 9.83. The summed E-state index contributed by atoms with van der Waals surface area (Å²) in [7, 11) is -3.72. The molecule has 30 heavy (non-hydrogen) atoms. The number of unbranched alkanes of at least 4 members (excludes halogenated alkanes) is 1. The Kier molecular flexibility index (Phi) is 10.2. The third-order valence-electron chi connectivity index (χ3n) is 5.71. The van der Waals surface area contributed by atoms with Gasteiger partial charge < -0.3 is 15.5 Å². The zero-order valence-electron chi connectivity index (χ0n) is 17.8. The summed E-state index contributed by atoms with van der Waals surface area (Å²) in [6.07, 6.45) is 4.63. The van der Waals surface area contributed by atoms with Crippen molar-refractivity contribution >= 4 is 15.9 Å². The molecule has 1 fully saturated rings. The molecule has 1 amide bonds. The maximum atomic E-state index is 12.6. The van der Waals surface area contributed by atoms with Gasteiger partial charge in [-0.05, 0) is 30.9 Å². The molecule has 2 rings (SSSR count). The lowest BCUT2D eigenvalue weighted by Gasteiger charge is -2.32. The minimum atomic E-state index is -3.72. The number of aliphatic hydroxyl groups excluding tert-OH is 2. The van der Waals surface area contributed by atoms with Gasteiger partial charge in [0.15, 0.2) is 0 Å². The number of rotatable bonds is 12. The number of sulfonamides is 1. The molecule has 170 valence electrons. The van der Waals surface area contributed by atoms with Crippen LogP contribution in [0.5, 0.6) is 0 Å². The zero-order chi connectivity index (χ0) is 22.0. The highest BCUT2D eigenvalue weighted by atomic mass is 32.2. The number of hydrogen-bond donors (Lipinski definition) is 4. The largest absolute Gasteiger partial charge is 0.389 e. The summed E-state index contributed by atoms with van der Waals surface area (Å²) in [6.45, 7) is 2.26. The van der Waals surface area contributed by atoms with Gasteiger partial charge >= 0.3 is 0 Å². The van der Waals surface area contributed by atoms with Crippen LogP contribution in [-0.4, -0.2) is 55.1 Å². The normalized spacial score (nSPS) is 18.5. The van der Waals surface area contributed by atoms with Crippen LogP contribution < -0.4 is 10.0 Å². The van der Waals surface area contributed by atoms with Crippen LogP contribution in [0.1, 0.15) is 68.6 Å². The first-order chi connectivity index (χ1) is 14.3. The second-order valence-corrected chi connectivity index (χ2v) is 10.1. The van der Waals surface area contributed by atoms with Crippen LogP contribution in [0.25, 0.3) is 0 Å². The standard InChI is InChI=1S/C22H36N2O5S/c1-2-3-14-23-30(28,29)16-20(25)21(26)19(15-17-10-6-4-7-11-17)24-22(27)18-12-8-5-9-13-18/h5,8-9,12-13,17,19-21,23,25-26H,2-4,6-7,10-11,14-16H2,1H3,(H,24,27). The summed E-state index contributed by atoms with van der Waals surface area (Å²) < 4.78 is 26.9. The van der Waals surface area contributed by atoms with Gasteiger partial charge in [-0.2, -0.15) is 0 Å². The van der Waals surface area contributed by atoms with Crippen LogP contribution in [0.4, 0.5) is 0 Å². The first-order valence-corrected chi connectivity index (χ1v) is 12.7. The Balaban J connectivity index is 2.06. The van der Waals surface area contributed by atoms with Crippen molar-refractivity contribution in [3.63, 3.8) is 0 Å². The van der Waals surface area contributed by atoms with E-state index >= 15 is 0 Å². The minimum Gasteiger partial charge on any atom is -0.389 e. The van der Waals surface area contributed by atoms with Crippen LogP contribution >= 0.6 is 0 Å². The highest BCUT2D eigenvalue weighted by Crippen LogP contribution is 2.28. The van der Waals surface area contributed by atoms with E-state index < -0.39 is 34.0 Å². The number of carbonyl (C=O) groups is 1. The minimum absolute atomic E-state index is 0.303. The molecule has 1 aromatic carbocycles. The van der Waals surface area contributed by atoms with E-state index in [-0.39, 0.29) is 5.91 Å². The van der Waals surface area contributed by atoms with E-state index in [1.807, 2.05) is 13.0 Å². The van der Waals surface area contributed by atoms with Crippen LogP contribution in [0.15, 0.2) is 30.3 Å². The highest BCUT2D eigenvalue weighted by Gasteiger charge is 2.33. The quantitative estimate of drug-likeness (QED) is 0.372. The lowest BCUT2D eigenvalue weighted by molar-refractivity contribution is 0.00201. The molecule has 3 atom stereocenters. The predicted octanol–water partition coefficient (Wildman–Crippen LogP) is 2.20. The van der Waals surface area contributed by atoms with Crippen LogP contribution in [0, 0.1) is 5.92 Å². The fraction of sp³-hybridized carbons (Fsp3) is 0.682. The smallest absolute Gasteiger partial charge is 0.251 e. The molecule has 0 spiro atoms. The van der Waals surface area contributed by atoms with Crippen molar-refractivity contribution in [1.82, 2.24) is 10.0 Å². The van der Waals surface area contributed by atoms with Crippen LogP contribution in [-0.2, 0) is 10.0 Å². The number of aliphatic hydroxyl groups is 2. The molecule has 0 aliphatic heterocycles. The SMILES string of the molecule is CCCCNS(=O)(=O)CC(O)C(O)C(CC1CCCCC1)NC(=O)c1ccccc1. The third kappa shape index (κ3) is 8.34. The molecular weight excluding hydrogens is 404 g/mol. The highest BCUT2D eigenvalue weighted by molar-refractivity contribution is 7.89. The number of nitrogens with one attached hydrogen (secondary N) is 2. The van der Waals surface area contributed by atoms with Crippen molar-refractivity contribution < 1.29 is 23.4 Å². The fourth-order valence-corrected chi connectivity index (χ4v) is 5.18. The van der Waals surface area contributed by atoms with E-state index in [0.29, 0.717) is 30.9 Å². The first-order valence-electron chi connectivity index (χ1n) is 11.0. The molecule has 1 aliphatic carbocycles. The van der Waals surface area contributed by atoms with Crippen molar-refractivity contribution in [2.24, 2.45) is 5.92 Å². The maximum absolute atomic E-state index is 12.6. The Labute approximate surface area is 180 Å². The summed E-state index contributed by atoms with van der Waals surface area (Å²) in [5.41, 5.74) is 0.460. The molecule has 1 aromatic rings. The third-order valence-corrected chi connectivity index (χ3v) is 7.14. The Morgan fingerprint density at radius 1 is 1.13 bits per heavy atom. The fourth-order valence-electron chi connectivity index (χ4n) is 3.96. The average Bonchev–Trinajstić information content (AvgIpc) is 2.73. The summed E-state index contributed by atoms with van der Waals surface area (Å²) in [6, 6.07) is 7.96. The summed E-state index contributed by atoms with van der Waals surface area (Å²) in [5.74, 6) is -0.604. The Hall–Kier alpha value is -1.48. The van der Waals surface area contributed by atoms with Gasteiger partial charge in [-0.15, -0.1) is 0 Å². The van der Waals surface area contributed by atoms with Crippen molar-refractivity contribution in [2.45, 2.75) is 76.5 Å². The van der Waals surface area contributed by atoms with Crippen molar-refractivity contribution in [2.75, 3.05) is 12.3 Å². The lowest BCUT2D eigenvalue weighted by Crippen LogP contribution is -2.52. The summed E-state index contributed by atoms with van der Waals surface area (Å²) >= 11 is 0. The number of hydrogen-bond acceptors (Lipinski definition) is 5. The van der Waals surface area contributed by atoms with Gasteiger partial charge in [0.1, 0.15) is 6.10 Å². The summed E-state index contributed by atoms with van der Waals surface area (Å²) in [5, 5.41) is 24.1. The van der Waals surface area contributed by atoms with Gasteiger partial charge in [0, 0.05) is 12.1 Å². The molecule has 0 heterocycles. The average molecular weight is 441 g/mol. The molecule has 4 N–H and O–H groups in total. The van der Waals surface area contributed by atoms with E-state index in [4.69, 9.17) is 0 Å². The Morgan fingerprint density at radius 2 is 1.80 bits per heavy atom. The number of carbonyl (C=O) groups excluding carboxylic acids is 1. The van der Waals surface area contributed by atoms with E-state index in [2.05, 4.69) is 10.0 Å². The first kappa shape index (κ1) is 24.8. The molecule has 0 aromatic heterocycles. The van der Waals surface area contributed by atoms with E-state index in [9.17, 15) is 23.4 Å². The van der Waals surface area contributed by atoms with Crippen molar-refractivity contribution in [3.05, 3.63) is 35.9 Å². The molecule has 0 radical (unpaired) electrons. The second kappa shape index (κ2) is 12.4. The van der Waals surface area contributed by atoms with Gasteiger partial charge in [-0.1, -0.05) is 63.6 Å². The zero-order valence-corrected chi connectivity index (χ0v) is 18.6.